The van der Waals surface area contributed by atoms with E-state index < -0.39 is 14.9 Å². The second-order valence-electron chi connectivity index (χ2n) is 7.32. The lowest BCUT2D eigenvalue weighted by atomic mass is 10.2. The number of carbonyl (C=O) groups excluding carboxylic acids is 1. The smallest absolute Gasteiger partial charge is 0.294 e. The van der Waals surface area contributed by atoms with Gasteiger partial charge in [0, 0.05) is 37.9 Å². The lowest BCUT2D eigenvalue weighted by molar-refractivity contribution is -0.384. The number of ether oxygens (including phenoxy) is 1. The Hall–Kier alpha value is -3.22. The number of nitro benzene ring substituents is 1. The average molecular weight is 447 g/mol. The lowest BCUT2D eigenvalue weighted by Crippen LogP contribution is -2.47. The maximum Gasteiger partial charge on any atom is 0.294 e. The molecular formula is C19H21N5O6S. The summed E-state index contributed by atoms with van der Waals surface area (Å²) in [7, 11) is -1.93. The average Bonchev–Trinajstić information content (AvgIpc) is 2.73. The zero-order valence-corrected chi connectivity index (χ0v) is 17.5. The van der Waals surface area contributed by atoms with Crippen LogP contribution >= 0.6 is 0 Å². The number of fused-ring (bicyclic) bond motifs is 1. The first-order chi connectivity index (χ1) is 14.7. The van der Waals surface area contributed by atoms with Crippen LogP contribution in [0.3, 0.4) is 0 Å². The number of nitrogens with zero attached hydrogens (tertiary/aromatic N) is 3. The molecule has 2 aliphatic rings. The number of rotatable bonds is 5. The van der Waals surface area contributed by atoms with Gasteiger partial charge in [0.05, 0.1) is 15.5 Å². The van der Waals surface area contributed by atoms with Crippen LogP contribution in [0.5, 0.6) is 5.75 Å². The molecule has 0 saturated carbocycles. The second-order valence-corrected chi connectivity index (χ2v) is 9.25. The van der Waals surface area contributed by atoms with E-state index >= 15 is 0 Å². The Morgan fingerprint density at radius 2 is 1.87 bits per heavy atom. The molecule has 12 heteroatoms. The van der Waals surface area contributed by atoms with E-state index in [1.54, 1.807) is 18.2 Å². The van der Waals surface area contributed by atoms with Crippen LogP contribution in [0.1, 0.15) is 0 Å². The molecule has 0 spiro atoms. The number of piperazine rings is 1. The quantitative estimate of drug-likeness (QED) is 0.521. The van der Waals surface area contributed by atoms with Gasteiger partial charge in [-0.15, -0.1) is 0 Å². The highest BCUT2D eigenvalue weighted by atomic mass is 32.2. The van der Waals surface area contributed by atoms with Crippen LogP contribution < -0.4 is 15.4 Å². The van der Waals surface area contributed by atoms with E-state index in [-0.39, 0.29) is 28.8 Å². The van der Waals surface area contributed by atoms with E-state index in [9.17, 15) is 23.3 Å². The van der Waals surface area contributed by atoms with Crippen molar-refractivity contribution in [1.29, 1.82) is 0 Å². The molecule has 0 atom stereocenters. The summed E-state index contributed by atoms with van der Waals surface area (Å²) in [4.78, 5) is 24.4. The summed E-state index contributed by atoms with van der Waals surface area (Å²) in [6.07, 6.45) is 0. The molecule has 2 aliphatic heterocycles. The molecule has 0 unspecified atom stereocenters. The van der Waals surface area contributed by atoms with Gasteiger partial charge in [0.2, 0.25) is 10.0 Å². The predicted molar refractivity (Wildman–Crippen MR) is 113 cm³/mol. The topological polar surface area (TPSA) is 134 Å². The first-order valence-corrected chi connectivity index (χ1v) is 11.0. The molecule has 11 nitrogen and oxygen atoms in total. The highest BCUT2D eigenvalue weighted by molar-refractivity contribution is 7.89. The monoisotopic (exact) mass is 447 g/mol. The van der Waals surface area contributed by atoms with Crippen molar-refractivity contribution in [2.24, 2.45) is 0 Å². The van der Waals surface area contributed by atoms with Crippen molar-refractivity contribution < 1.29 is 22.9 Å². The number of carbonyl (C=O) groups is 1. The number of nitrogens with one attached hydrogen (secondary N) is 2. The van der Waals surface area contributed by atoms with E-state index in [1.165, 1.54) is 16.4 Å². The minimum Gasteiger partial charge on any atom is -0.482 e. The molecule has 2 aromatic carbocycles. The van der Waals surface area contributed by atoms with Crippen molar-refractivity contribution in [3.8, 4) is 5.75 Å². The Bertz CT molecular complexity index is 1140. The summed E-state index contributed by atoms with van der Waals surface area (Å²) in [5.41, 5.74) is 0.680. The lowest BCUT2D eigenvalue weighted by Gasteiger charge is -2.31. The highest BCUT2D eigenvalue weighted by Crippen LogP contribution is 2.35. The predicted octanol–water partition coefficient (Wildman–Crippen LogP) is 1.61. The fraction of sp³-hybridized carbons (Fsp3) is 0.316. The van der Waals surface area contributed by atoms with Gasteiger partial charge in [-0.1, -0.05) is 0 Å². The SMILES string of the molecule is CN1CCN(S(=O)(=O)c2ccc(Nc3ccc4c(c3)NC(=O)CO4)c([N+](=O)[O-])c2)CC1. The maximum absolute atomic E-state index is 12.9. The van der Waals surface area contributed by atoms with Gasteiger partial charge in [-0.3, -0.25) is 14.9 Å². The summed E-state index contributed by atoms with van der Waals surface area (Å²) in [5.74, 6) is 0.197. The second kappa shape index (κ2) is 8.13. The van der Waals surface area contributed by atoms with Gasteiger partial charge in [-0.25, -0.2) is 8.42 Å². The van der Waals surface area contributed by atoms with Crippen LogP contribution in [0.2, 0.25) is 0 Å². The van der Waals surface area contributed by atoms with Crippen molar-refractivity contribution in [2.45, 2.75) is 4.90 Å². The zero-order chi connectivity index (χ0) is 22.2. The third-order valence-corrected chi connectivity index (χ3v) is 7.05. The molecule has 4 rings (SSSR count). The summed E-state index contributed by atoms with van der Waals surface area (Å²) >= 11 is 0. The number of benzene rings is 2. The van der Waals surface area contributed by atoms with E-state index in [0.29, 0.717) is 43.3 Å². The molecule has 31 heavy (non-hydrogen) atoms. The standard InChI is InChI=1S/C19H21N5O6S/c1-22-6-8-23(9-7-22)31(28,29)14-3-4-15(17(11-14)24(26)27)20-13-2-5-18-16(10-13)21-19(25)12-30-18/h2-5,10-11,20H,6-9,12H2,1H3,(H,21,25). The molecule has 0 aromatic heterocycles. The third-order valence-electron chi connectivity index (χ3n) is 5.16. The maximum atomic E-state index is 12.9. The van der Waals surface area contributed by atoms with E-state index in [4.69, 9.17) is 4.74 Å². The number of likely N-dealkylation sites (N-methyl/N-ethyl adjacent to an activating group) is 1. The van der Waals surface area contributed by atoms with Crippen LogP contribution in [0, 0.1) is 10.1 Å². The minimum absolute atomic E-state index is 0.0749. The number of sulfonamides is 1. The zero-order valence-electron chi connectivity index (χ0n) is 16.7. The van der Waals surface area contributed by atoms with E-state index in [2.05, 4.69) is 10.6 Å². The van der Waals surface area contributed by atoms with Gasteiger partial charge in [0.15, 0.2) is 6.61 Å². The Balaban J connectivity index is 1.62. The number of hydrogen-bond acceptors (Lipinski definition) is 8. The molecule has 2 heterocycles. The van der Waals surface area contributed by atoms with Crippen molar-refractivity contribution in [3.63, 3.8) is 0 Å². The van der Waals surface area contributed by atoms with Gasteiger partial charge in [0.1, 0.15) is 11.4 Å². The number of hydrogen-bond donors (Lipinski definition) is 2. The molecule has 2 N–H and O–H groups in total. The molecule has 0 bridgehead atoms. The van der Waals surface area contributed by atoms with Crippen molar-refractivity contribution in [3.05, 3.63) is 46.5 Å². The molecule has 1 saturated heterocycles. The first-order valence-electron chi connectivity index (χ1n) is 9.55. The Labute approximate surface area is 178 Å². The van der Waals surface area contributed by atoms with Gasteiger partial charge < -0.3 is 20.3 Å². The molecule has 0 radical (unpaired) electrons. The Kier molecular flexibility index (Phi) is 5.52. The summed E-state index contributed by atoms with van der Waals surface area (Å²) in [6.45, 7) is 1.78. The fourth-order valence-electron chi connectivity index (χ4n) is 3.42. The van der Waals surface area contributed by atoms with Crippen LogP contribution in [0.4, 0.5) is 22.7 Å². The molecule has 1 amide bonds. The van der Waals surface area contributed by atoms with Crippen LogP contribution in [-0.2, 0) is 14.8 Å². The largest absolute Gasteiger partial charge is 0.482 e. The normalized spacial score (nSPS) is 17.4. The van der Waals surface area contributed by atoms with Crippen molar-refractivity contribution >= 4 is 38.7 Å². The first kappa shape index (κ1) is 21.0. The molecular weight excluding hydrogens is 426 g/mol. The van der Waals surface area contributed by atoms with E-state index in [1.807, 2.05) is 11.9 Å². The molecule has 2 aromatic rings. The summed E-state index contributed by atoms with van der Waals surface area (Å²) < 4.78 is 32.5. The van der Waals surface area contributed by atoms with Crippen LogP contribution in [0.15, 0.2) is 41.3 Å². The number of amides is 1. The van der Waals surface area contributed by atoms with Gasteiger partial charge >= 0.3 is 0 Å². The Morgan fingerprint density at radius 1 is 1.13 bits per heavy atom. The molecule has 1 fully saturated rings. The third kappa shape index (κ3) is 4.31. The number of anilines is 3. The van der Waals surface area contributed by atoms with Gasteiger partial charge in [0.25, 0.3) is 11.6 Å². The van der Waals surface area contributed by atoms with Gasteiger partial charge in [-0.05, 0) is 37.4 Å². The van der Waals surface area contributed by atoms with Crippen LogP contribution in [0.25, 0.3) is 0 Å². The minimum atomic E-state index is -3.84. The molecule has 0 aliphatic carbocycles. The van der Waals surface area contributed by atoms with Crippen molar-refractivity contribution in [1.82, 2.24) is 9.21 Å². The summed E-state index contributed by atoms with van der Waals surface area (Å²) in [6, 6.07) is 8.66. The van der Waals surface area contributed by atoms with E-state index in [0.717, 1.165) is 6.07 Å². The molecule has 164 valence electrons. The fourth-order valence-corrected chi connectivity index (χ4v) is 4.87. The number of nitro groups is 1. The highest BCUT2D eigenvalue weighted by Gasteiger charge is 2.29. The van der Waals surface area contributed by atoms with Gasteiger partial charge in [-0.2, -0.15) is 4.31 Å². The van der Waals surface area contributed by atoms with Crippen LogP contribution in [-0.4, -0.2) is 68.3 Å². The summed E-state index contributed by atoms with van der Waals surface area (Å²) in [5, 5.41) is 17.2. The van der Waals surface area contributed by atoms with Crippen molar-refractivity contribution in [2.75, 3.05) is 50.5 Å². The Morgan fingerprint density at radius 3 is 2.58 bits per heavy atom.